The van der Waals surface area contributed by atoms with Crippen LogP contribution in [0.3, 0.4) is 0 Å². The van der Waals surface area contributed by atoms with Gasteiger partial charge in [0.2, 0.25) is 0 Å². The van der Waals surface area contributed by atoms with Gasteiger partial charge in [-0.2, -0.15) is 0 Å². The molecule has 3 aromatic heterocycles. The molecule has 0 unspecified atom stereocenters. The second-order valence-electron chi connectivity index (χ2n) is 6.73. The Balaban J connectivity index is 1.26. The third-order valence-electron chi connectivity index (χ3n) is 4.51. The smallest absolute Gasteiger partial charge is 0.265 e. The van der Waals surface area contributed by atoms with E-state index in [0.29, 0.717) is 22.7 Å². The lowest BCUT2D eigenvalue weighted by molar-refractivity contribution is 0.0952. The van der Waals surface area contributed by atoms with Gasteiger partial charge in [-0.05, 0) is 48.2 Å². The van der Waals surface area contributed by atoms with Crippen molar-refractivity contribution >= 4 is 40.2 Å². The number of anilines is 1. The van der Waals surface area contributed by atoms with Gasteiger partial charge in [0.1, 0.15) is 0 Å². The number of aromatic nitrogens is 2. The van der Waals surface area contributed by atoms with Crippen LogP contribution in [0.4, 0.5) is 5.69 Å². The number of thiazole rings is 1. The van der Waals surface area contributed by atoms with Crippen LogP contribution in [-0.2, 0) is 6.42 Å². The number of thiophene rings is 1. The number of carbonyl (C=O) groups is 2. The maximum absolute atomic E-state index is 12.5. The second kappa shape index (κ2) is 10.1. The van der Waals surface area contributed by atoms with Gasteiger partial charge in [0, 0.05) is 47.6 Å². The summed E-state index contributed by atoms with van der Waals surface area (Å²) in [6, 6.07) is 14.4. The predicted molar refractivity (Wildman–Crippen MR) is 125 cm³/mol. The first-order chi connectivity index (χ1) is 15.2. The molecule has 0 fully saturated rings. The van der Waals surface area contributed by atoms with Crippen molar-refractivity contribution in [2.24, 2.45) is 0 Å². The maximum Gasteiger partial charge on any atom is 0.265 e. The Morgan fingerprint density at radius 1 is 0.968 bits per heavy atom. The number of nitrogens with zero attached hydrogens (tertiary/aromatic N) is 2. The summed E-state index contributed by atoms with van der Waals surface area (Å²) in [5, 5.41) is 10.7. The number of amides is 2. The molecule has 156 valence electrons. The minimum Gasteiger partial charge on any atom is -0.352 e. The Kier molecular flexibility index (Phi) is 6.81. The van der Waals surface area contributed by atoms with Crippen LogP contribution in [0.15, 0.2) is 71.7 Å². The fourth-order valence-electron chi connectivity index (χ4n) is 2.96. The minimum atomic E-state index is -0.179. The number of carbonyl (C=O) groups excluding carboxylic acids is 2. The van der Waals surface area contributed by atoms with Gasteiger partial charge >= 0.3 is 0 Å². The van der Waals surface area contributed by atoms with E-state index in [0.717, 1.165) is 29.1 Å². The van der Waals surface area contributed by atoms with Gasteiger partial charge in [-0.25, -0.2) is 4.98 Å². The lowest BCUT2D eigenvalue weighted by Gasteiger charge is -2.08. The van der Waals surface area contributed by atoms with Crippen molar-refractivity contribution in [2.75, 3.05) is 11.9 Å². The van der Waals surface area contributed by atoms with Crippen LogP contribution >= 0.6 is 22.7 Å². The number of rotatable bonds is 8. The molecule has 0 bridgehead atoms. The van der Waals surface area contributed by atoms with E-state index >= 15 is 0 Å². The van der Waals surface area contributed by atoms with Gasteiger partial charge in [0.15, 0.2) is 0 Å². The van der Waals surface area contributed by atoms with E-state index in [9.17, 15) is 9.59 Å². The molecule has 0 atom stereocenters. The topological polar surface area (TPSA) is 84.0 Å². The van der Waals surface area contributed by atoms with Gasteiger partial charge < -0.3 is 10.6 Å². The standard InChI is InChI=1S/C23H20N4O2S2/c28-22(17-4-1-5-18(14-17)26-23(29)20-6-3-13-30-20)25-10-2-7-21-27-19(15-31-21)16-8-11-24-12-9-16/h1,3-6,8-9,11-15H,2,7,10H2,(H,25,28)(H,26,29). The van der Waals surface area contributed by atoms with Crippen molar-refractivity contribution < 1.29 is 9.59 Å². The molecule has 0 saturated heterocycles. The molecule has 4 rings (SSSR count). The molecule has 8 heteroatoms. The average molecular weight is 449 g/mol. The van der Waals surface area contributed by atoms with Crippen LogP contribution in [0.25, 0.3) is 11.3 Å². The van der Waals surface area contributed by atoms with E-state index in [-0.39, 0.29) is 11.8 Å². The number of pyridine rings is 1. The predicted octanol–water partition coefficient (Wildman–Crippen LogP) is 4.88. The molecule has 0 saturated carbocycles. The van der Waals surface area contributed by atoms with Crippen LogP contribution in [0.1, 0.15) is 31.5 Å². The van der Waals surface area contributed by atoms with Crippen LogP contribution in [0, 0.1) is 0 Å². The summed E-state index contributed by atoms with van der Waals surface area (Å²) in [4.78, 5) is 34.0. The number of hydrogen-bond acceptors (Lipinski definition) is 6. The molecule has 4 aromatic rings. The van der Waals surface area contributed by atoms with E-state index in [4.69, 9.17) is 0 Å². The molecule has 2 amide bonds. The van der Waals surface area contributed by atoms with Crippen molar-refractivity contribution in [1.29, 1.82) is 0 Å². The Hall–Kier alpha value is -3.36. The fraction of sp³-hybridized carbons (Fsp3) is 0.130. The molecule has 0 radical (unpaired) electrons. The monoisotopic (exact) mass is 448 g/mol. The molecule has 0 aliphatic rings. The van der Waals surface area contributed by atoms with Gasteiger partial charge in [0.05, 0.1) is 15.6 Å². The van der Waals surface area contributed by atoms with Crippen molar-refractivity contribution in [3.63, 3.8) is 0 Å². The molecule has 1 aromatic carbocycles. The Labute approximate surface area is 188 Å². The summed E-state index contributed by atoms with van der Waals surface area (Å²) in [7, 11) is 0. The zero-order valence-electron chi connectivity index (χ0n) is 16.6. The minimum absolute atomic E-state index is 0.163. The zero-order chi connectivity index (χ0) is 21.5. The van der Waals surface area contributed by atoms with Crippen molar-refractivity contribution in [1.82, 2.24) is 15.3 Å². The summed E-state index contributed by atoms with van der Waals surface area (Å²) in [6.45, 7) is 0.550. The maximum atomic E-state index is 12.5. The SMILES string of the molecule is O=C(NCCCc1nc(-c2ccncc2)cs1)c1cccc(NC(=O)c2cccs2)c1. The number of hydrogen-bond donors (Lipinski definition) is 2. The van der Waals surface area contributed by atoms with E-state index in [2.05, 4.69) is 20.6 Å². The summed E-state index contributed by atoms with van der Waals surface area (Å²) in [6.07, 6.45) is 5.11. The van der Waals surface area contributed by atoms with E-state index in [1.165, 1.54) is 11.3 Å². The van der Waals surface area contributed by atoms with Gasteiger partial charge in [-0.3, -0.25) is 14.6 Å². The highest BCUT2D eigenvalue weighted by Gasteiger charge is 2.10. The largest absolute Gasteiger partial charge is 0.352 e. The highest BCUT2D eigenvalue weighted by Crippen LogP contribution is 2.21. The summed E-state index contributed by atoms with van der Waals surface area (Å²) >= 11 is 3.00. The molecule has 3 heterocycles. The molecular formula is C23H20N4O2S2. The third-order valence-corrected chi connectivity index (χ3v) is 6.29. The van der Waals surface area contributed by atoms with Crippen molar-refractivity contribution in [2.45, 2.75) is 12.8 Å². The zero-order valence-corrected chi connectivity index (χ0v) is 18.2. The normalized spacial score (nSPS) is 10.6. The van der Waals surface area contributed by atoms with Gasteiger partial charge in [0.25, 0.3) is 11.8 Å². The first-order valence-corrected chi connectivity index (χ1v) is 11.5. The Morgan fingerprint density at radius 3 is 2.65 bits per heavy atom. The Morgan fingerprint density at radius 2 is 1.84 bits per heavy atom. The van der Waals surface area contributed by atoms with E-state index in [1.807, 2.05) is 29.0 Å². The van der Waals surface area contributed by atoms with Crippen LogP contribution in [0.5, 0.6) is 0 Å². The van der Waals surface area contributed by atoms with Crippen LogP contribution in [0.2, 0.25) is 0 Å². The molecule has 6 nitrogen and oxygen atoms in total. The lowest BCUT2D eigenvalue weighted by Crippen LogP contribution is -2.25. The van der Waals surface area contributed by atoms with Gasteiger partial charge in [-0.15, -0.1) is 22.7 Å². The number of nitrogens with one attached hydrogen (secondary N) is 2. The molecule has 31 heavy (non-hydrogen) atoms. The number of aryl methyl sites for hydroxylation is 1. The van der Waals surface area contributed by atoms with Crippen LogP contribution in [-0.4, -0.2) is 28.3 Å². The van der Waals surface area contributed by atoms with E-state index < -0.39 is 0 Å². The molecular weight excluding hydrogens is 428 g/mol. The first kappa shape index (κ1) is 20.9. The quantitative estimate of drug-likeness (QED) is 0.376. The molecule has 2 N–H and O–H groups in total. The Bertz CT molecular complexity index is 1160. The van der Waals surface area contributed by atoms with Crippen molar-refractivity contribution in [3.05, 3.63) is 87.1 Å². The van der Waals surface area contributed by atoms with E-state index in [1.54, 1.807) is 54.1 Å². The molecule has 0 aliphatic heterocycles. The highest BCUT2D eigenvalue weighted by atomic mass is 32.1. The lowest BCUT2D eigenvalue weighted by atomic mass is 10.2. The molecule has 0 aliphatic carbocycles. The fourth-order valence-corrected chi connectivity index (χ4v) is 4.43. The first-order valence-electron chi connectivity index (χ1n) is 9.77. The van der Waals surface area contributed by atoms with Crippen molar-refractivity contribution in [3.8, 4) is 11.3 Å². The van der Waals surface area contributed by atoms with Gasteiger partial charge in [-0.1, -0.05) is 12.1 Å². The second-order valence-corrected chi connectivity index (χ2v) is 8.62. The summed E-state index contributed by atoms with van der Waals surface area (Å²) < 4.78 is 0. The highest BCUT2D eigenvalue weighted by molar-refractivity contribution is 7.12. The summed E-state index contributed by atoms with van der Waals surface area (Å²) in [5.41, 5.74) is 3.11. The molecule has 0 spiro atoms. The number of benzene rings is 1. The third kappa shape index (κ3) is 5.62. The average Bonchev–Trinajstić information content (AvgIpc) is 3.50. The summed E-state index contributed by atoms with van der Waals surface area (Å²) in [5.74, 6) is -0.342. The van der Waals surface area contributed by atoms with Crippen LogP contribution < -0.4 is 10.6 Å².